The van der Waals surface area contributed by atoms with Crippen LogP contribution in [0.3, 0.4) is 0 Å². The van der Waals surface area contributed by atoms with Gasteiger partial charge in [0.1, 0.15) is 19.2 Å². The number of nitrogens with zero attached hydrogens (tertiary/aromatic N) is 5. The second-order valence-electron chi connectivity index (χ2n) is 10.3. The van der Waals surface area contributed by atoms with Crippen molar-refractivity contribution in [2.24, 2.45) is 11.2 Å². The van der Waals surface area contributed by atoms with E-state index in [1.54, 1.807) is 42.8 Å². The summed E-state index contributed by atoms with van der Waals surface area (Å²) in [7, 11) is -4.44. The monoisotopic (exact) mass is 654 g/mol. The van der Waals surface area contributed by atoms with Gasteiger partial charge in [-0.3, -0.25) is 9.63 Å². The van der Waals surface area contributed by atoms with Crippen molar-refractivity contribution in [3.8, 4) is 16.9 Å². The largest absolute Gasteiger partial charge is 0.569 e. The van der Waals surface area contributed by atoms with Gasteiger partial charge in [-0.1, -0.05) is 43.7 Å². The van der Waals surface area contributed by atoms with E-state index in [0.29, 0.717) is 5.56 Å². The van der Waals surface area contributed by atoms with Gasteiger partial charge in [-0.2, -0.15) is 18.3 Å². The molecule has 1 aliphatic rings. The van der Waals surface area contributed by atoms with Crippen LogP contribution in [-0.2, 0) is 35.3 Å². The van der Waals surface area contributed by atoms with Crippen molar-refractivity contribution in [1.29, 1.82) is 0 Å². The fraction of sp³-hybridized carbons (Fsp3) is 0.370. The molecule has 18 heteroatoms. The van der Waals surface area contributed by atoms with Crippen LogP contribution >= 0.6 is 0 Å². The standard InChI is InChI=1S/C27H29F3N6O8S/c1-16(2)25(37)42-18(4)44-33-36(39)34-14-21(15-34)43-26(38)32-45(40,41)22-11-9-20(10-12-22)35-23(13-24(31-35)27(28,29)30)19-7-5-17(3)6-8-19/h5-13,16,18,21H,14-15H2,1-4H3,(H,32,38)/b36-33-. The molecule has 0 spiro atoms. The summed E-state index contributed by atoms with van der Waals surface area (Å²) in [4.78, 5) is 28.3. The van der Waals surface area contributed by atoms with Crippen molar-refractivity contribution in [3.63, 3.8) is 0 Å². The van der Waals surface area contributed by atoms with Crippen molar-refractivity contribution < 1.29 is 50.5 Å². The molecule has 1 aromatic heterocycles. The zero-order chi connectivity index (χ0) is 33.1. The Labute approximate surface area is 255 Å². The highest BCUT2D eigenvalue weighted by atomic mass is 32.2. The van der Waals surface area contributed by atoms with Crippen LogP contribution in [-0.4, -0.2) is 65.7 Å². The number of rotatable bonds is 10. The minimum atomic E-state index is -4.72. The van der Waals surface area contributed by atoms with Crippen molar-refractivity contribution in [2.45, 2.75) is 51.2 Å². The summed E-state index contributed by atoms with van der Waals surface area (Å²) >= 11 is 0. The SMILES string of the molecule is Cc1ccc(-c2cc(C(F)(F)F)nn2-c2ccc(S(=O)(=O)NC(=O)OC3CN(/[N+]([O-])=N/OC(C)OC(=O)C(C)C)C3)cc2)cc1. The van der Waals surface area contributed by atoms with Crippen LogP contribution in [0.5, 0.6) is 0 Å². The Bertz CT molecular complexity index is 1670. The normalized spacial score (nSPS) is 14.9. The number of amides is 1. The Hall–Kier alpha value is -4.87. The van der Waals surface area contributed by atoms with E-state index in [-0.39, 0.29) is 34.3 Å². The first-order chi connectivity index (χ1) is 21.0. The summed E-state index contributed by atoms with van der Waals surface area (Å²) in [6.07, 6.45) is -8.01. The lowest BCUT2D eigenvalue weighted by Crippen LogP contribution is -2.56. The van der Waals surface area contributed by atoms with Crippen LogP contribution in [0.1, 0.15) is 32.0 Å². The molecule has 242 valence electrons. The fourth-order valence-electron chi connectivity index (χ4n) is 3.87. The molecular weight excluding hydrogens is 625 g/mol. The van der Waals surface area contributed by atoms with Gasteiger partial charge >= 0.3 is 18.2 Å². The number of carbonyl (C=O) groups excluding carboxylic acids is 2. The Balaban J connectivity index is 1.36. The molecule has 1 atom stereocenters. The van der Waals surface area contributed by atoms with E-state index in [2.05, 4.69) is 10.4 Å². The summed E-state index contributed by atoms with van der Waals surface area (Å²) in [6.45, 7) is 6.16. The number of sulfonamides is 1. The number of hydrogen-bond acceptors (Lipinski definition) is 10. The molecule has 0 aliphatic carbocycles. The lowest BCUT2D eigenvalue weighted by Gasteiger charge is -2.33. The molecule has 4 rings (SSSR count). The van der Waals surface area contributed by atoms with Crippen LogP contribution in [0, 0.1) is 18.0 Å². The highest BCUT2D eigenvalue weighted by molar-refractivity contribution is 7.90. The third kappa shape index (κ3) is 8.20. The highest BCUT2D eigenvalue weighted by Gasteiger charge is 2.38. The van der Waals surface area contributed by atoms with Crippen molar-refractivity contribution >= 4 is 22.1 Å². The number of benzene rings is 2. The first-order valence-electron chi connectivity index (χ1n) is 13.4. The van der Waals surface area contributed by atoms with Crippen LogP contribution in [0.15, 0.2) is 64.8 Å². The maximum absolute atomic E-state index is 13.5. The number of hydrazine groups is 1. The molecule has 1 aliphatic heterocycles. The van der Waals surface area contributed by atoms with Gasteiger partial charge in [-0.25, -0.2) is 22.6 Å². The van der Waals surface area contributed by atoms with Crippen LogP contribution in [0.2, 0.25) is 0 Å². The third-order valence-electron chi connectivity index (χ3n) is 6.32. The molecule has 0 radical (unpaired) electrons. The molecule has 2 aromatic carbocycles. The number of ether oxygens (including phenoxy) is 2. The summed E-state index contributed by atoms with van der Waals surface area (Å²) in [6, 6.07) is 12.3. The smallest absolute Gasteiger partial charge is 0.435 e. The first-order valence-corrected chi connectivity index (χ1v) is 14.9. The van der Waals surface area contributed by atoms with Gasteiger partial charge in [0.05, 0.1) is 27.2 Å². The zero-order valence-corrected chi connectivity index (χ0v) is 25.2. The number of alkyl halides is 3. The predicted octanol–water partition coefficient (Wildman–Crippen LogP) is 4.32. The van der Waals surface area contributed by atoms with E-state index in [0.717, 1.165) is 33.5 Å². The lowest BCUT2D eigenvalue weighted by molar-refractivity contribution is -0.728. The molecule has 0 bridgehead atoms. The lowest BCUT2D eigenvalue weighted by atomic mass is 10.1. The van der Waals surface area contributed by atoms with E-state index in [1.807, 2.05) is 6.92 Å². The number of hydrogen-bond donors (Lipinski definition) is 1. The molecular formula is C27H29F3N6O8S. The van der Waals surface area contributed by atoms with Gasteiger partial charge in [0.2, 0.25) is 5.28 Å². The molecule has 3 aromatic rings. The number of carbonyl (C=O) groups is 2. The van der Waals surface area contributed by atoms with Gasteiger partial charge in [0.25, 0.3) is 16.3 Å². The minimum absolute atomic E-state index is 0.0668. The van der Waals surface area contributed by atoms with Crippen LogP contribution in [0.4, 0.5) is 18.0 Å². The maximum atomic E-state index is 13.5. The quantitative estimate of drug-likeness (QED) is 0.109. The second kappa shape index (κ2) is 13.0. The van der Waals surface area contributed by atoms with E-state index < -0.39 is 52.3 Å². The van der Waals surface area contributed by atoms with Crippen molar-refractivity contribution in [1.82, 2.24) is 19.5 Å². The molecule has 45 heavy (non-hydrogen) atoms. The molecule has 1 amide bonds. The summed E-state index contributed by atoms with van der Waals surface area (Å²) in [5.74, 6) is -0.953. The second-order valence-corrected chi connectivity index (χ2v) is 12.0. The minimum Gasteiger partial charge on any atom is -0.569 e. The van der Waals surface area contributed by atoms with Gasteiger partial charge in [0, 0.05) is 12.5 Å². The van der Waals surface area contributed by atoms with E-state index in [1.165, 1.54) is 19.1 Å². The topological polar surface area (TPSA) is 167 Å². The summed E-state index contributed by atoms with van der Waals surface area (Å²) in [5.41, 5.74) is 0.510. The average molecular weight is 655 g/mol. The predicted molar refractivity (Wildman–Crippen MR) is 148 cm³/mol. The van der Waals surface area contributed by atoms with Gasteiger partial charge in [-0.15, -0.1) is 5.01 Å². The van der Waals surface area contributed by atoms with Gasteiger partial charge in [-0.05, 0) is 37.3 Å². The Morgan fingerprint density at radius 1 is 1.09 bits per heavy atom. The Morgan fingerprint density at radius 3 is 2.29 bits per heavy atom. The summed E-state index contributed by atoms with van der Waals surface area (Å²) < 4.78 is 78.6. The molecule has 1 fully saturated rings. The molecule has 14 nitrogen and oxygen atoms in total. The molecule has 1 unspecified atom stereocenters. The Morgan fingerprint density at radius 2 is 1.71 bits per heavy atom. The number of aryl methyl sites for hydroxylation is 1. The first kappa shape index (κ1) is 33.0. The average Bonchev–Trinajstić information content (AvgIpc) is 3.40. The molecule has 1 saturated heterocycles. The number of nitrogens with one attached hydrogen (secondary N) is 1. The Kier molecular flexibility index (Phi) is 9.55. The van der Waals surface area contributed by atoms with Crippen molar-refractivity contribution in [3.05, 3.63) is 71.1 Å². The summed E-state index contributed by atoms with van der Waals surface area (Å²) in [5, 5.41) is 20.0. The van der Waals surface area contributed by atoms with Crippen LogP contribution in [0.25, 0.3) is 16.9 Å². The van der Waals surface area contributed by atoms with Gasteiger partial charge in [0.15, 0.2) is 5.69 Å². The number of esters is 1. The number of halogens is 3. The highest BCUT2D eigenvalue weighted by Crippen LogP contribution is 2.33. The van der Waals surface area contributed by atoms with E-state index in [4.69, 9.17) is 14.3 Å². The molecule has 2 heterocycles. The van der Waals surface area contributed by atoms with E-state index in [9.17, 15) is 36.4 Å². The van der Waals surface area contributed by atoms with Crippen molar-refractivity contribution in [2.75, 3.05) is 13.1 Å². The molecule has 1 N–H and O–H groups in total. The maximum Gasteiger partial charge on any atom is 0.435 e. The molecule has 0 saturated carbocycles. The van der Waals surface area contributed by atoms with Crippen LogP contribution < -0.4 is 4.72 Å². The zero-order valence-electron chi connectivity index (χ0n) is 24.4. The fourth-order valence-corrected chi connectivity index (χ4v) is 4.75. The van der Waals surface area contributed by atoms with Gasteiger partial charge < -0.3 is 14.7 Å². The number of aromatic nitrogens is 2. The van der Waals surface area contributed by atoms with E-state index >= 15 is 0 Å². The third-order valence-corrected chi connectivity index (χ3v) is 7.65.